The number of thiophene rings is 1. The van der Waals surface area contributed by atoms with Crippen molar-refractivity contribution in [1.29, 1.82) is 0 Å². The molecule has 0 radical (unpaired) electrons. The molecule has 0 aliphatic rings. The zero-order valence-corrected chi connectivity index (χ0v) is 11.5. The second-order valence-corrected chi connectivity index (χ2v) is 6.19. The van der Waals surface area contributed by atoms with Crippen LogP contribution >= 0.6 is 27.3 Å². The third-order valence-corrected chi connectivity index (χ3v) is 4.10. The normalized spacial score (nSPS) is 12.9. The summed E-state index contributed by atoms with van der Waals surface area (Å²) in [4.78, 5) is 1.39. The van der Waals surface area contributed by atoms with Gasteiger partial charge in [0.2, 0.25) is 0 Å². The van der Waals surface area contributed by atoms with E-state index in [1.54, 1.807) is 17.6 Å². The van der Waals surface area contributed by atoms with Gasteiger partial charge in [0.25, 0.3) is 0 Å². The van der Waals surface area contributed by atoms with E-state index in [0.29, 0.717) is 0 Å². The van der Waals surface area contributed by atoms with Gasteiger partial charge in [0.15, 0.2) is 0 Å². The lowest BCUT2D eigenvalue weighted by Crippen LogP contribution is -2.20. The van der Waals surface area contributed by atoms with Gasteiger partial charge in [-0.1, -0.05) is 0 Å². The first kappa shape index (κ1) is 11.9. The topological polar surface area (TPSA) is 25.2 Å². The summed E-state index contributed by atoms with van der Waals surface area (Å²) < 4.78 is 6.53. The van der Waals surface area contributed by atoms with Crippen LogP contribution in [0, 0.1) is 0 Å². The van der Waals surface area contributed by atoms with Gasteiger partial charge >= 0.3 is 0 Å². The molecule has 0 aromatic carbocycles. The number of nitrogens with one attached hydrogen (secondary N) is 1. The van der Waals surface area contributed by atoms with Gasteiger partial charge < -0.3 is 9.73 Å². The molecule has 1 atom stereocenters. The van der Waals surface area contributed by atoms with Crippen molar-refractivity contribution in [2.75, 3.05) is 6.54 Å². The number of rotatable bonds is 5. The molecule has 0 spiro atoms. The minimum atomic E-state index is 0.276. The molecule has 0 aliphatic heterocycles. The van der Waals surface area contributed by atoms with Crippen molar-refractivity contribution in [2.45, 2.75) is 19.4 Å². The lowest BCUT2D eigenvalue weighted by atomic mass is 10.2. The van der Waals surface area contributed by atoms with Crippen LogP contribution in [-0.2, 0) is 6.42 Å². The zero-order valence-electron chi connectivity index (χ0n) is 9.07. The molecular formula is C12H14BrNOS. The van der Waals surface area contributed by atoms with Crippen LogP contribution in [0.2, 0.25) is 0 Å². The highest BCUT2D eigenvalue weighted by molar-refractivity contribution is 9.11. The smallest absolute Gasteiger partial charge is 0.120 e. The monoisotopic (exact) mass is 299 g/mol. The van der Waals surface area contributed by atoms with E-state index in [4.69, 9.17) is 4.42 Å². The quantitative estimate of drug-likeness (QED) is 0.903. The van der Waals surface area contributed by atoms with Gasteiger partial charge in [-0.05, 0) is 53.5 Å². The average Bonchev–Trinajstić information content (AvgIpc) is 2.89. The molecule has 16 heavy (non-hydrogen) atoms. The predicted octanol–water partition coefficient (Wildman–Crippen LogP) is 4.00. The minimum Gasteiger partial charge on any atom is -0.468 e. The molecule has 1 unspecified atom stereocenters. The zero-order chi connectivity index (χ0) is 11.4. The van der Waals surface area contributed by atoms with Crippen LogP contribution in [0.4, 0.5) is 0 Å². The Bertz CT molecular complexity index is 424. The molecule has 0 saturated heterocycles. The van der Waals surface area contributed by atoms with Crippen LogP contribution in [0.25, 0.3) is 0 Å². The summed E-state index contributed by atoms with van der Waals surface area (Å²) in [5.74, 6) is 0.993. The molecule has 0 bridgehead atoms. The van der Waals surface area contributed by atoms with Gasteiger partial charge in [-0.2, -0.15) is 0 Å². The first-order valence-corrected chi connectivity index (χ1v) is 6.87. The van der Waals surface area contributed by atoms with E-state index in [9.17, 15) is 0 Å². The van der Waals surface area contributed by atoms with Crippen molar-refractivity contribution < 1.29 is 4.42 Å². The summed E-state index contributed by atoms with van der Waals surface area (Å²) in [6, 6.07) is 8.45. The molecule has 2 aromatic rings. The minimum absolute atomic E-state index is 0.276. The third kappa shape index (κ3) is 3.20. The lowest BCUT2D eigenvalue weighted by Gasteiger charge is -2.10. The number of hydrogen-bond acceptors (Lipinski definition) is 3. The van der Waals surface area contributed by atoms with Crippen LogP contribution in [0.3, 0.4) is 0 Å². The highest BCUT2D eigenvalue weighted by Crippen LogP contribution is 2.22. The Morgan fingerprint density at radius 2 is 2.31 bits per heavy atom. The SMILES string of the molecule is CC(NCCc1ccc(Br)s1)c1ccco1. The summed E-state index contributed by atoms with van der Waals surface area (Å²) in [5, 5.41) is 3.44. The molecule has 2 nitrogen and oxygen atoms in total. The van der Waals surface area contributed by atoms with Gasteiger partial charge in [0, 0.05) is 11.4 Å². The maximum atomic E-state index is 5.33. The number of furan rings is 1. The van der Waals surface area contributed by atoms with E-state index in [1.165, 1.54) is 8.66 Å². The first-order chi connectivity index (χ1) is 7.75. The predicted molar refractivity (Wildman–Crippen MR) is 70.8 cm³/mol. The second kappa shape index (κ2) is 5.66. The molecule has 0 saturated carbocycles. The fourth-order valence-electron chi connectivity index (χ4n) is 1.54. The largest absolute Gasteiger partial charge is 0.468 e. The standard InChI is InChI=1S/C12H14BrNOS/c1-9(11-3-2-8-15-11)14-7-6-10-4-5-12(13)16-10/h2-5,8-9,14H,6-7H2,1H3. The summed E-state index contributed by atoms with van der Waals surface area (Å²) in [6.45, 7) is 3.08. The third-order valence-electron chi connectivity index (χ3n) is 2.42. The molecule has 4 heteroatoms. The maximum absolute atomic E-state index is 5.33. The first-order valence-electron chi connectivity index (χ1n) is 5.26. The maximum Gasteiger partial charge on any atom is 0.120 e. The highest BCUT2D eigenvalue weighted by Gasteiger charge is 2.06. The van der Waals surface area contributed by atoms with E-state index < -0.39 is 0 Å². The van der Waals surface area contributed by atoms with Crippen LogP contribution in [0.15, 0.2) is 38.7 Å². The average molecular weight is 300 g/mol. The molecule has 86 valence electrons. The van der Waals surface area contributed by atoms with E-state index in [0.717, 1.165) is 18.7 Å². The van der Waals surface area contributed by atoms with Gasteiger partial charge in [-0.3, -0.25) is 0 Å². The molecule has 0 aliphatic carbocycles. The Labute approximate surface area is 108 Å². The van der Waals surface area contributed by atoms with Crippen LogP contribution < -0.4 is 5.32 Å². The Kier molecular flexibility index (Phi) is 4.21. The molecule has 0 fully saturated rings. The fourth-order valence-corrected chi connectivity index (χ4v) is 3.02. The van der Waals surface area contributed by atoms with Crippen molar-refractivity contribution in [3.8, 4) is 0 Å². The molecule has 2 aromatic heterocycles. The van der Waals surface area contributed by atoms with Crippen LogP contribution in [-0.4, -0.2) is 6.54 Å². The van der Waals surface area contributed by atoms with E-state index in [1.807, 2.05) is 12.1 Å². The van der Waals surface area contributed by atoms with Crippen molar-refractivity contribution in [1.82, 2.24) is 5.32 Å². The van der Waals surface area contributed by atoms with Gasteiger partial charge in [-0.15, -0.1) is 11.3 Å². The molecular weight excluding hydrogens is 286 g/mol. The van der Waals surface area contributed by atoms with E-state index in [-0.39, 0.29) is 6.04 Å². The van der Waals surface area contributed by atoms with E-state index in [2.05, 4.69) is 40.3 Å². The lowest BCUT2D eigenvalue weighted by molar-refractivity contribution is 0.433. The second-order valence-electron chi connectivity index (χ2n) is 3.65. The molecule has 2 rings (SSSR count). The fraction of sp³-hybridized carbons (Fsp3) is 0.333. The number of hydrogen-bond donors (Lipinski definition) is 1. The van der Waals surface area contributed by atoms with Crippen molar-refractivity contribution >= 4 is 27.3 Å². The molecule has 0 amide bonds. The van der Waals surface area contributed by atoms with Gasteiger partial charge in [0.05, 0.1) is 16.1 Å². The highest BCUT2D eigenvalue weighted by atomic mass is 79.9. The Balaban J connectivity index is 1.76. The Morgan fingerprint density at radius 1 is 1.44 bits per heavy atom. The van der Waals surface area contributed by atoms with Crippen LogP contribution in [0.1, 0.15) is 23.6 Å². The van der Waals surface area contributed by atoms with Gasteiger partial charge in [0.1, 0.15) is 5.76 Å². The summed E-state index contributed by atoms with van der Waals surface area (Å²) in [6.07, 6.45) is 2.77. The van der Waals surface area contributed by atoms with Crippen molar-refractivity contribution in [2.24, 2.45) is 0 Å². The van der Waals surface area contributed by atoms with Crippen LogP contribution in [0.5, 0.6) is 0 Å². The van der Waals surface area contributed by atoms with Gasteiger partial charge in [-0.25, -0.2) is 0 Å². The van der Waals surface area contributed by atoms with Crippen molar-refractivity contribution in [3.05, 3.63) is 45.0 Å². The Morgan fingerprint density at radius 3 is 2.94 bits per heavy atom. The summed E-state index contributed by atoms with van der Waals surface area (Å²) in [5.41, 5.74) is 0. The molecule has 1 N–H and O–H groups in total. The molecule has 2 heterocycles. The van der Waals surface area contributed by atoms with E-state index >= 15 is 0 Å². The summed E-state index contributed by atoms with van der Waals surface area (Å²) >= 11 is 5.26. The number of halogens is 1. The van der Waals surface area contributed by atoms with Crippen molar-refractivity contribution in [3.63, 3.8) is 0 Å². The Hall–Kier alpha value is -0.580. The summed E-state index contributed by atoms with van der Waals surface area (Å²) in [7, 11) is 0.